The maximum atomic E-state index is 12.5. The van der Waals surface area contributed by atoms with Crippen LogP contribution >= 0.6 is 0 Å². The number of Topliss-reactive ketones (excluding diaryl/α,β-unsaturated/α-hetero) is 1. The Balaban J connectivity index is 1.58. The fourth-order valence-corrected chi connectivity index (χ4v) is 4.84. The smallest absolute Gasteiger partial charge is 0.306 e. The van der Waals surface area contributed by atoms with Crippen LogP contribution in [0, 0.1) is 11.8 Å². The van der Waals surface area contributed by atoms with Crippen LogP contribution in [0.4, 0.5) is 0 Å². The predicted molar refractivity (Wildman–Crippen MR) is 121 cm³/mol. The van der Waals surface area contributed by atoms with Gasteiger partial charge in [-0.1, -0.05) is 24.3 Å². The number of carbonyl (C=O) groups excluding carboxylic acids is 3. The number of amides is 2. The molecule has 2 aliphatic rings. The summed E-state index contributed by atoms with van der Waals surface area (Å²) in [5.41, 5.74) is 7.05. The van der Waals surface area contributed by atoms with E-state index in [1.54, 1.807) is 29.2 Å². The molecule has 1 saturated heterocycles. The van der Waals surface area contributed by atoms with Crippen LogP contribution in [-0.2, 0) is 25.6 Å². The van der Waals surface area contributed by atoms with E-state index in [-0.39, 0.29) is 42.9 Å². The van der Waals surface area contributed by atoms with Gasteiger partial charge in [0.05, 0.1) is 5.92 Å². The highest BCUT2D eigenvalue weighted by atomic mass is 16.4. The number of benzene rings is 1. The maximum Gasteiger partial charge on any atom is 0.306 e. The molecule has 4 N–H and O–H groups in total. The van der Waals surface area contributed by atoms with Gasteiger partial charge < -0.3 is 20.8 Å². The van der Waals surface area contributed by atoms with Gasteiger partial charge in [-0.2, -0.15) is 4.99 Å². The van der Waals surface area contributed by atoms with Crippen LogP contribution in [0.1, 0.15) is 60.9 Å². The molecule has 3 unspecified atom stereocenters. The number of aliphatic carboxylic acids is 2. The lowest BCUT2D eigenvalue weighted by Gasteiger charge is -2.44. The Morgan fingerprint density at radius 3 is 2.50 bits per heavy atom. The number of carbonyl (C=O) groups is 5. The topological polar surface area (TPSA) is 167 Å². The number of aryl methyl sites for hydroxylation is 1. The van der Waals surface area contributed by atoms with Crippen molar-refractivity contribution in [2.75, 3.05) is 0 Å². The second-order valence-corrected chi connectivity index (χ2v) is 8.96. The SMILES string of the molecule is NC1=NC(=O)C2C(CCC(CCc3ccc(C(=O)C[C@@H](CCC(=O)O)C(=O)O)cc3)N2C=O)C1. The average molecular weight is 472 g/mol. The fourth-order valence-electron chi connectivity index (χ4n) is 4.84. The van der Waals surface area contributed by atoms with E-state index < -0.39 is 23.9 Å². The number of fused-ring (bicyclic) bond motifs is 1. The number of hydrogen-bond donors (Lipinski definition) is 3. The Kier molecular flexibility index (Phi) is 8.14. The van der Waals surface area contributed by atoms with Gasteiger partial charge in [-0.3, -0.25) is 24.0 Å². The number of amidine groups is 1. The molecule has 1 fully saturated rings. The zero-order chi connectivity index (χ0) is 24.8. The predicted octanol–water partition coefficient (Wildman–Crippen LogP) is 1.65. The van der Waals surface area contributed by atoms with E-state index in [9.17, 15) is 29.1 Å². The molecule has 0 bridgehead atoms. The molecule has 2 heterocycles. The van der Waals surface area contributed by atoms with Crippen LogP contribution in [0.3, 0.4) is 0 Å². The van der Waals surface area contributed by atoms with Crippen LogP contribution < -0.4 is 5.73 Å². The van der Waals surface area contributed by atoms with E-state index in [2.05, 4.69) is 4.99 Å². The second-order valence-electron chi connectivity index (χ2n) is 8.96. The summed E-state index contributed by atoms with van der Waals surface area (Å²) < 4.78 is 0. The lowest BCUT2D eigenvalue weighted by Crippen LogP contribution is -2.56. The molecule has 1 aromatic carbocycles. The highest BCUT2D eigenvalue weighted by molar-refractivity contribution is 6.00. The molecule has 0 aromatic heterocycles. The lowest BCUT2D eigenvalue weighted by molar-refractivity contribution is -0.143. The maximum absolute atomic E-state index is 12.5. The molecule has 0 radical (unpaired) electrons. The summed E-state index contributed by atoms with van der Waals surface area (Å²) >= 11 is 0. The first-order chi connectivity index (χ1) is 16.2. The van der Waals surface area contributed by atoms with E-state index >= 15 is 0 Å². The Morgan fingerprint density at radius 2 is 1.88 bits per heavy atom. The second kappa shape index (κ2) is 11.0. The summed E-state index contributed by atoms with van der Waals surface area (Å²) in [6, 6.07) is 6.17. The molecule has 2 amide bonds. The van der Waals surface area contributed by atoms with Crippen molar-refractivity contribution in [2.24, 2.45) is 22.6 Å². The molecule has 1 aromatic rings. The Morgan fingerprint density at radius 1 is 1.18 bits per heavy atom. The minimum atomic E-state index is -1.19. The number of aliphatic imine (C=N–C) groups is 1. The Labute approximate surface area is 196 Å². The number of hydrogen-bond acceptors (Lipinski definition) is 6. The van der Waals surface area contributed by atoms with Crippen molar-refractivity contribution in [3.05, 3.63) is 35.4 Å². The molecule has 3 rings (SSSR count). The van der Waals surface area contributed by atoms with Crippen LogP contribution in [-0.4, -0.2) is 63.1 Å². The molecule has 0 spiro atoms. The van der Waals surface area contributed by atoms with Crippen molar-refractivity contribution in [1.82, 2.24) is 4.90 Å². The molecule has 182 valence electrons. The number of carboxylic acids is 2. The highest BCUT2D eigenvalue weighted by Crippen LogP contribution is 2.34. The zero-order valence-electron chi connectivity index (χ0n) is 18.8. The van der Waals surface area contributed by atoms with Crippen LogP contribution in [0.15, 0.2) is 29.3 Å². The number of rotatable bonds is 11. The number of likely N-dealkylation sites (tertiary alicyclic amines) is 1. The van der Waals surface area contributed by atoms with Gasteiger partial charge in [0.1, 0.15) is 11.9 Å². The lowest BCUT2D eigenvalue weighted by atomic mass is 9.80. The van der Waals surface area contributed by atoms with Gasteiger partial charge in [0.25, 0.3) is 5.91 Å². The quantitative estimate of drug-likeness (QED) is 0.323. The minimum Gasteiger partial charge on any atom is -0.481 e. The van der Waals surface area contributed by atoms with Crippen molar-refractivity contribution in [2.45, 2.75) is 63.5 Å². The molecule has 34 heavy (non-hydrogen) atoms. The molecular weight excluding hydrogens is 442 g/mol. The fraction of sp³-hybridized carbons (Fsp3) is 0.500. The standard InChI is InChI=1S/C24H29N3O7/c25-20-12-16-6-9-18(27(13-28)22(16)23(32)26-20)8-3-14-1-4-15(5-2-14)19(29)11-17(24(33)34)7-10-21(30)31/h1-2,4-5,13,16-18,22H,3,6-12H2,(H,30,31)(H,33,34)(H2,25,26,32)/t16?,17-,18?,22?/m1/s1. The highest BCUT2D eigenvalue weighted by Gasteiger charge is 2.43. The van der Waals surface area contributed by atoms with Crippen molar-refractivity contribution in [3.8, 4) is 0 Å². The average Bonchev–Trinajstić information content (AvgIpc) is 2.79. The third-order valence-electron chi connectivity index (χ3n) is 6.69. The van der Waals surface area contributed by atoms with Gasteiger partial charge in [-0.15, -0.1) is 0 Å². The van der Waals surface area contributed by atoms with Gasteiger partial charge in [0, 0.05) is 30.9 Å². The monoisotopic (exact) mass is 471 g/mol. The van der Waals surface area contributed by atoms with Crippen molar-refractivity contribution >= 4 is 35.9 Å². The van der Waals surface area contributed by atoms with Gasteiger partial charge in [0.2, 0.25) is 6.41 Å². The van der Waals surface area contributed by atoms with Crippen LogP contribution in [0.25, 0.3) is 0 Å². The third-order valence-corrected chi connectivity index (χ3v) is 6.69. The largest absolute Gasteiger partial charge is 0.481 e. The van der Waals surface area contributed by atoms with E-state index in [1.807, 2.05) is 0 Å². The van der Waals surface area contributed by atoms with Gasteiger partial charge in [-0.25, -0.2) is 0 Å². The number of nitrogens with zero attached hydrogens (tertiary/aromatic N) is 2. The Bertz CT molecular complexity index is 989. The summed E-state index contributed by atoms with van der Waals surface area (Å²) in [5, 5.41) is 18.0. The normalized spacial score (nSPS) is 22.9. The first kappa shape index (κ1) is 25.1. The van der Waals surface area contributed by atoms with Gasteiger partial charge in [0.15, 0.2) is 5.78 Å². The molecule has 10 nitrogen and oxygen atoms in total. The molecule has 2 aliphatic heterocycles. The van der Waals surface area contributed by atoms with Crippen LogP contribution in [0.5, 0.6) is 0 Å². The van der Waals surface area contributed by atoms with Crippen molar-refractivity contribution < 1.29 is 34.2 Å². The summed E-state index contributed by atoms with van der Waals surface area (Å²) in [7, 11) is 0. The number of carboxylic acid groups (broad SMARTS) is 2. The molecule has 4 atom stereocenters. The first-order valence-electron chi connectivity index (χ1n) is 11.4. The number of nitrogens with two attached hydrogens (primary N) is 1. The van der Waals surface area contributed by atoms with E-state index in [0.717, 1.165) is 24.8 Å². The molecule has 0 saturated carbocycles. The van der Waals surface area contributed by atoms with Crippen molar-refractivity contribution in [3.63, 3.8) is 0 Å². The van der Waals surface area contributed by atoms with E-state index in [1.165, 1.54) is 0 Å². The van der Waals surface area contributed by atoms with Gasteiger partial charge in [-0.05, 0) is 43.6 Å². The number of ketones is 1. The molecule has 0 aliphatic carbocycles. The third kappa shape index (κ3) is 6.06. The number of piperidine rings is 1. The minimum absolute atomic E-state index is 0.00173. The summed E-state index contributed by atoms with van der Waals surface area (Å²) in [6.45, 7) is 0. The summed E-state index contributed by atoms with van der Waals surface area (Å²) in [6.07, 6.45) is 3.41. The van der Waals surface area contributed by atoms with Gasteiger partial charge >= 0.3 is 11.9 Å². The van der Waals surface area contributed by atoms with E-state index in [4.69, 9.17) is 10.8 Å². The zero-order valence-corrected chi connectivity index (χ0v) is 18.8. The summed E-state index contributed by atoms with van der Waals surface area (Å²) in [4.78, 5) is 64.1. The Hall–Kier alpha value is -3.56. The molecule has 10 heteroatoms. The molecular formula is C24H29N3O7. The van der Waals surface area contributed by atoms with Crippen LogP contribution in [0.2, 0.25) is 0 Å². The van der Waals surface area contributed by atoms with E-state index in [0.29, 0.717) is 30.7 Å². The van der Waals surface area contributed by atoms with Crippen molar-refractivity contribution in [1.29, 1.82) is 0 Å². The first-order valence-corrected chi connectivity index (χ1v) is 11.4. The summed E-state index contributed by atoms with van der Waals surface area (Å²) in [5.74, 6) is -3.74.